The van der Waals surface area contributed by atoms with E-state index in [1.807, 2.05) is 6.92 Å². The second-order valence-corrected chi connectivity index (χ2v) is 8.15. The van der Waals surface area contributed by atoms with Crippen LogP contribution in [0.25, 0.3) is 0 Å². The van der Waals surface area contributed by atoms with Crippen molar-refractivity contribution in [2.75, 3.05) is 36.6 Å². The fourth-order valence-electron chi connectivity index (χ4n) is 2.39. The van der Waals surface area contributed by atoms with E-state index >= 15 is 0 Å². The smallest absolute Gasteiger partial charge is 0.245 e. The molecule has 0 radical (unpaired) electrons. The summed E-state index contributed by atoms with van der Waals surface area (Å²) in [5.74, 6) is 0.144. The van der Waals surface area contributed by atoms with Gasteiger partial charge < -0.3 is 14.8 Å². The lowest BCUT2D eigenvalue weighted by Crippen LogP contribution is -2.37. The molecule has 0 spiro atoms. The third-order valence-electron chi connectivity index (χ3n) is 3.76. The molecule has 0 aromatic heterocycles. The van der Waals surface area contributed by atoms with Crippen LogP contribution in [0.4, 0.5) is 11.4 Å². The highest BCUT2D eigenvalue weighted by molar-refractivity contribution is 7.92. The highest BCUT2D eigenvalue weighted by atomic mass is 35.5. The van der Waals surface area contributed by atoms with Crippen molar-refractivity contribution in [3.05, 3.63) is 47.0 Å². The van der Waals surface area contributed by atoms with E-state index in [4.69, 9.17) is 21.1 Å². The number of hydrogen-bond donors (Lipinski definition) is 1. The summed E-state index contributed by atoms with van der Waals surface area (Å²) < 4.78 is 35.7. The molecule has 27 heavy (non-hydrogen) atoms. The van der Waals surface area contributed by atoms with Crippen molar-refractivity contribution in [3.63, 3.8) is 0 Å². The van der Waals surface area contributed by atoms with Crippen LogP contribution in [-0.2, 0) is 14.8 Å². The van der Waals surface area contributed by atoms with Crippen molar-refractivity contribution < 1.29 is 22.7 Å². The molecule has 0 atom stereocenters. The summed E-state index contributed by atoms with van der Waals surface area (Å²) in [6.45, 7) is 1.50. The lowest BCUT2D eigenvalue weighted by Gasteiger charge is -2.22. The van der Waals surface area contributed by atoms with Crippen LogP contribution in [0.2, 0.25) is 5.02 Å². The number of aryl methyl sites for hydroxylation is 1. The zero-order valence-electron chi connectivity index (χ0n) is 15.4. The predicted octanol–water partition coefficient (Wildman–Crippen LogP) is 3.07. The van der Waals surface area contributed by atoms with Gasteiger partial charge in [0.15, 0.2) is 0 Å². The number of methoxy groups -OCH3 is 2. The highest BCUT2D eigenvalue weighted by Crippen LogP contribution is 2.35. The number of carbonyl (C=O) groups is 1. The summed E-state index contributed by atoms with van der Waals surface area (Å²) in [5, 5.41) is 2.96. The van der Waals surface area contributed by atoms with E-state index < -0.39 is 22.5 Å². The molecule has 0 heterocycles. The summed E-state index contributed by atoms with van der Waals surface area (Å²) in [5.41, 5.74) is 1.70. The van der Waals surface area contributed by atoms with E-state index in [-0.39, 0.29) is 0 Å². The molecule has 0 saturated carbocycles. The molecule has 1 N–H and O–H groups in total. The van der Waals surface area contributed by atoms with Crippen molar-refractivity contribution in [2.45, 2.75) is 6.92 Å². The number of amides is 1. The molecule has 0 unspecified atom stereocenters. The molecule has 0 aliphatic heterocycles. The number of anilines is 2. The minimum Gasteiger partial charge on any atom is -0.495 e. The van der Waals surface area contributed by atoms with Gasteiger partial charge in [0.2, 0.25) is 15.9 Å². The number of sulfonamides is 1. The first kappa shape index (κ1) is 20.9. The highest BCUT2D eigenvalue weighted by Gasteiger charge is 2.22. The monoisotopic (exact) mass is 412 g/mol. The van der Waals surface area contributed by atoms with E-state index in [2.05, 4.69) is 5.32 Å². The summed E-state index contributed by atoms with van der Waals surface area (Å²) in [6, 6.07) is 9.86. The first-order valence-electron chi connectivity index (χ1n) is 7.91. The summed E-state index contributed by atoms with van der Waals surface area (Å²) in [4.78, 5) is 12.5. The largest absolute Gasteiger partial charge is 0.495 e. The molecule has 0 fully saturated rings. The SMILES string of the molecule is COc1cc(NC(=O)CN(c2ccc(C)cc2)S(C)(=O)=O)c(OC)cc1Cl. The van der Waals surface area contributed by atoms with E-state index in [0.29, 0.717) is 27.9 Å². The van der Waals surface area contributed by atoms with Crippen LogP contribution in [0.5, 0.6) is 11.5 Å². The summed E-state index contributed by atoms with van der Waals surface area (Å²) in [7, 11) is -0.778. The first-order chi connectivity index (χ1) is 12.7. The van der Waals surface area contributed by atoms with Crippen molar-refractivity contribution >= 4 is 38.9 Å². The number of nitrogens with zero attached hydrogens (tertiary/aromatic N) is 1. The third-order valence-corrected chi connectivity index (χ3v) is 5.19. The van der Waals surface area contributed by atoms with Crippen LogP contribution in [0.15, 0.2) is 36.4 Å². The Morgan fingerprint density at radius 2 is 1.70 bits per heavy atom. The molecule has 7 nitrogen and oxygen atoms in total. The van der Waals surface area contributed by atoms with Crippen LogP contribution >= 0.6 is 11.6 Å². The van der Waals surface area contributed by atoms with Gasteiger partial charge in [0.25, 0.3) is 0 Å². The molecule has 0 aliphatic rings. The van der Waals surface area contributed by atoms with Crippen molar-refractivity contribution in [2.24, 2.45) is 0 Å². The van der Waals surface area contributed by atoms with Crippen LogP contribution in [-0.4, -0.2) is 41.3 Å². The lowest BCUT2D eigenvalue weighted by atomic mass is 10.2. The van der Waals surface area contributed by atoms with E-state index in [9.17, 15) is 13.2 Å². The molecule has 1 amide bonds. The van der Waals surface area contributed by atoms with Gasteiger partial charge in [-0.1, -0.05) is 29.3 Å². The van der Waals surface area contributed by atoms with Crippen LogP contribution in [0.1, 0.15) is 5.56 Å². The Balaban J connectivity index is 2.28. The summed E-state index contributed by atoms with van der Waals surface area (Å²) >= 11 is 6.05. The molecular weight excluding hydrogens is 392 g/mol. The Morgan fingerprint density at radius 3 is 2.22 bits per heavy atom. The van der Waals surface area contributed by atoms with Gasteiger partial charge in [-0.15, -0.1) is 0 Å². The van der Waals surface area contributed by atoms with Gasteiger partial charge in [-0.3, -0.25) is 9.10 Å². The van der Waals surface area contributed by atoms with Gasteiger partial charge in [0.05, 0.1) is 36.9 Å². The van der Waals surface area contributed by atoms with Gasteiger partial charge in [-0.25, -0.2) is 8.42 Å². The number of nitrogens with one attached hydrogen (secondary N) is 1. The van der Waals surface area contributed by atoms with E-state index in [0.717, 1.165) is 16.1 Å². The average molecular weight is 413 g/mol. The number of carbonyl (C=O) groups excluding carboxylic acids is 1. The second kappa shape index (κ2) is 8.49. The average Bonchev–Trinajstić information content (AvgIpc) is 2.60. The van der Waals surface area contributed by atoms with Crippen molar-refractivity contribution in [1.82, 2.24) is 0 Å². The lowest BCUT2D eigenvalue weighted by molar-refractivity contribution is -0.114. The van der Waals surface area contributed by atoms with Gasteiger partial charge in [0.1, 0.15) is 18.0 Å². The molecule has 2 aromatic carbocycles. The normalized spacial score (nSPS) is 11.0. The maximum Gasteiger partial charge on any atom is 0.245 e. The number of hydrogen-bond acceptors (Lipinski definition) is 5. The standard InChI is InChI=1S/C18H21ClN2O5S/c1-12-5-7-13(8-6-12)21(27(4,23)24)11-18(22)20-15-10-16(25-2)14(19)9-17(15)26-3/h5-10H,11H2,1-4H3,(H,20,22). The van der Waals surface area contributed by atoms with Crippen molar-refractivity contribution in [3.8, 4) is 11.5 Å². The Bertz CT molecular complexity index is 930. The zero-order chi connectivity index (χ0) is 20.2. The molecule has 2 rings (SSSR count). The Kier molecular flexibility index (Phi) is 6.56. The first-order valence-corrected chi connectivity index (χ1v) is 10.1. The molecule has 0 aliphatic carbocycles. The van der Waals surface area contributed by atoms with Gasteiger partial charge >= 0.3 is 0 Å². The maximum absolute atomic E-state index is 12.5. The second-order valence-electron chi connectivity index (χ2n) is 5.84. The molecule has 0 bridgehead atoms. The molecule has 146 valence electrons. The number of benzene rings is 2. The van der Waals surface area contributed by atoms with Crippen LogP contribution in [0.3, 0.4) is 0 Å². The third kappa shape index (κ3) is 5.27. The minimum atomic E-state index is -3.66. The topological polar surface area (TPSA) is 84.9 Å². The molecular formula is C18H21ClN2O5S. The number of halogens is 1. The quantitative estimate of drug-likeness (QED) is 0.755. The molecule has 9 heteroatoms. The number of rotatable bonds is 7. The van der Waals surface area contributed by atoms with Gasteiger partial charge in [-0.05, 0) is 19.1 Å². The maximum atomic E-state index is 12.5. The van der Waals surface area contributed by atoms with E-state index in [1.165, 1.54) is 26.4 Å². The molecule has 0 saturated heterocycles. The summed E-state index contributed by atoms with van der Waals surface area (Å²) in [6.07, 6.45) is 1.05. The minimum absolute atomic E-state index is 0.320. The Labute approximate surface area is 163 Å². The fourth-order valence-corrected chi connectivity index (χ4v) is 3.48. The predicted molar refractivity (Wildman–Crippen MR) is 107 cm³/mol. The van der Waals surface area contributed by atoms with Crippen LogP contribution < -0.4 is 19.1 Å². The fraction of sp³-hybridized carbons (Fsp3) is 0.278. The molecule has 2 aromatic rings. The number of ether oxygens (including phenoxy) is 2. The van der Waals surface area contributed by atoms with Gasteiger partial charge in [0, 0.05) is 12.1 Å². The Hall–Kier alpha value is -2.45. The van der Waals surface area contributed by atoms with Crippen molar-refractivity contribution in [1.29, 1.82) is 0 Å². The van der Waals surface area contributed by atoms with Crippen LogP contribution in [0, 0.1) is 6.92 Å². The van der Waals surface area contributed by atoms with E-state index in [1.54, 1.807) is 24.3 Å². The zero-order valence-corrected chi connectivity index (χ0v) is 17.0. The Morgan fingerprint density at radius 1 is 1.11 bits per heavy atom. The van der Waals surface area contributed by atoms with Gasteiger partial charge in [-0.2, -0.15) is 0 Å².